The molecule has 2 fully saturated rings. The first-order valence-corrected chi connectivity index (χ1v) is 6.36. The molecule has 0 aliphatic carbocycles. The molecule has 3 atom stereocenters. The lowest BCUT2D eigenvalue weighted by Crippen LogP contribution is -2.36. The van der Waals surface area contributed by atoms with Crippen LogP contribution in [0.25, 0.3) is 0 Å². The molecule has 3 unspecified atom stereocenters. The SMILES string of the molecule is Cc1cc(CNC2CC3CCC2O3)ccc1F. The molecule has 3 rings (SSSR count). The van der Waals surface area contributed by atoms with E-state index in [1.807, 2.05) is 12.1 Å². The Morgan fingerprint density at radius 3 is 2.94 bits per heavy atom. The second-order valence-electron chi connectivity index (χ2n) is 5.18. The largest absolute Gasteiger partial charge is 0.373 e. The Kier molecular flexibility index (Phi) is 2.89. The van der Waals surface area contributed by atoms with E-state index in [-0.39, 0.29) is 5.82 Å². The number of hydrogen-bond donors (Lipinski definition) is 1. The third-order valence-corrected chi connectivity index (χ3v) is 3.90. The summed E-state index contributed by atoms with van der Waals surface area (Å²) < 4.78 is 18.9. The molecule has 2 saturated heterocycles. The van der Waals surface area contributed by atoms with E-state index in [0.717, 1.165) is 18.5 Å². The van der Waals surface area contributed by atoms with Crippen LogP contribution in [0.5, 0.6) is 0 Å². The standard InChI is InChI=1S/C14H18FNO/c1-9-6-10(2-4-12(9)15)8-16-13-7-11-3-5-14(13)17-11/h2,4,6,11,13-14,16H,3,5,7-8H2,1H3. The molecule has 2 aliphatic rings. The van der Waals surface area contributed by atoms with Gasteiger partial charge in [0.15, 0.2) is 0 Å². The summed E-state index contributed by atoms with van der Waals surface area (Å²) in [5.74, 6) is -0.128. The van der Waals surface area contributed by atoms with E-state index in [0.29, 0.717) is 23.8 Å². The van der Waals surface area contributed by atoms with Crippen LogP contribution in [0, 0.1) is 12.7 Å². The summed E-state index contributed by atoms with van der Waals surface area (Å²) in [6.07, 6.45) is 4.42. The monoisotopic (exact) mass is 235 g/mol. The van der Waals surface area contributed by atoms with E-state index in [2.05, 4.69) is 5.32 Å². The van der Waals surface area contributed by atoms with Gasteiger partial charge in [0.1, 0.15) is 5.82 Å². The molecule has 92 valence electrons. The highest BCUT2D eigenvalue weighted by molar-refractivity contribution is 5.23. The fraction of sp³-hybridized carbons (Fsp3) is 0.571. The highest BCUT2D eigenvalue weighted by Gasteiger charge is 2.40. The number of nitrogens with one attached hydrogen (secondary N) is 1. The van der Waals surface area contributed by atoms with Gasteiger partial charge in [-0.3, -0.25) is 0 Å². The van der Waals surface area contributed by atoms with Crippen molar-refractivity contribution in [2.75, 3.05) is 0 Å². The average Bonchev–Trinajstić information content (AvgIpc) is 2.92. The van der Waals surface area contributed by atoms with E-state index in [1.165, 1.54) is 12.8 Å². The zero-order valence-corrected chi connectivity index (χ0v) is 10.1. The molecule has 17 heavy (non-hydrogen) atoms. The maximum atomic E-state index is 13.1. The summed E-state index contributed by atoms with van der Waals surface area (Å²) in [7, 11) is 0. The van der Waals surface area contributed by atoms with Crippen molar-refractivity contribution in [3.05, 3.63) is 35.1 Å². The van der Waals surface area contributed by atoms with Gasteiger partial charge in [0, 0.05) is 12.6 Å². The Bertz CT molecular complexity index is 421. The van der Waals surface area contributed by atoms with Gasteiger partial charge in [-0.05, 0) is 43.4 Å². The molecule has 2 bridgehead atoms. The van der Waals surface area contributed by atoms with Crippen LogP contribution < -0.4 is 5.32 Å². The molecule has 1 aromatic carbocycles. The molecule has 2 heterocycles. The normalized spacial score (nSPS) is 31.1. The molecule has 1 N–H and O–H groups in total. The molecule has 0 saturated carbocycles. The maximum absolute atomic E-state index is 13.1. The van der Waals surface area contributed by atoms with Crippen molar-refractivity contribution in [1.29, 1.82) is 0 Å². The van der Waals surface area contributed by atoms with Crippen molar-refractivity contribution in [1.82, 2.24) is 5.32 Å². The highest BCUT2D eigenvalue weighted by Crippen LogP contribution is 2.34. The van der Waals surface area contributed by atoms with Gasteiger partial charge in [-0.2, -0.15) is 0 Å². The summed E-state index contributed by atoms with van der Waals surface area (Å²) in [4.78, 5) is 0. The number of rotatable bonds is 3. The Labute approximate surface area is 101 Å². The molecular formula is C14H18FNO. The van der Waals surface area contributed by atoms with Crippen LogP contribution in [-0.2, 0) is 11.3 Å². The van der Waals surface area contributed by atoms with Gasteiger partial charge < -0.3 is 10.1 Å². The first-order chi connectivity index (χ1) is 8.22. The number of halogens is 1. The number of ether oxygens (including phenoxy) is 1. The van der Waals surface area contributed by atoms with E-state index < -0.39 is 0 Å². The number of hydrogen-bond acceptors (Lipinski definition) is 2. The van der Waals surface area contributed by atoms with Crippen molar-refractivity contribution >= 4 is 0 Å². The fourth-order valence-corrected chi connectivity index (χ4v) is 2.92. The molecule has 0 amide bonds. The lowest BCUT2D eigenvalue weighted by molar-refractivity contribution is 0.0973. The minimum Gasteiger partial charge on any atom is -0.373 e. The van der Waals surface area contributed by atoms with Gasteiger partial charge in [0.05, 0.1) is 12.2 Å². The molecule has 0 spiro atoms. The van der Waals surface area contributed by atoms with Gasteiger partial charge in [-0.1, -0.05) is 12.1 Å². The summed E-state index contributed by atoms with van der Waals surface area (Å²) in [5.41, 5.74) is 1.86. The van der Waals surface area contributed by atoms with E-state index in [4.69, 9.17) is 4.74 Å². The molecule has 2 nitrogen and oxygen atoms in total. The summed E-state index contributed by atoms with van der Waals surface area (Å²) >= 11 is 0. The van der Waals surface area contributed by atoms with Gasteiger partial charge >= 0.3 is 0 Å². The third-order valence-electron chi connectivity index (χ3n) is 3.90. The summed E-state index contributed by atoms with van der Waals surface area (Å²) in [6.45, 7) is 2.61. The van der Waals surface area contributed by atoms with E-state index in [1.54, 1.807) is 13.0 Å². The zero-order chi connectivity index (χ0) is 11.8. The van der Waals surface area contributed by atoms with Crippen molar-refractivity contribution in [2.45, 2.75) is 51.0 Å². The predicted molar refractivity (Wildman–Crippen MR) is 64.3 cm³/mol. The van der Waals surface area contributed by atoms with Crippen LogP contribution in [-0.4, -0.2) is 18.2 Å². The summed E-state index contributed by atoms with van der Waals surface area (Å²) in [5, 5.41) is 3.53. The van der Waals surface area contributed by atoms with Gasteiger partial charge in [0.2, 0.25) is 0 Å². The number of benzene rings is 1. The van der Waals surface area contributed by atoms with Crippen LogP contribution in [0.3, 0.4) is 0 Å². The van der Waals surface area contributed by atoms with Crippen LogP contribution in [0.2, 0.25) is 0 Å². The van der Waals surface area contributed by atoms with E-state index in [9.17, 15) is 4.39 Å². The number of aryl methyl sites for hydroxylation is 1. The van der Waals surface area contributed by atoms with Crippen LogP contribution in [0.1, 0.15) is 30.4 Å². The third kappa shape index (κ3) is 2.22. The van der Waals surface area contributed by atoms with Crippen molar-refractivity contribution in [2.24, 2.45) is 0 Å². The van der Waals surface area contributed by atoms with Gasteiger partial charge in [-0.15, -0.1) is 0 Å². The smallest absolute Gasteiger partial charge is 0.126 e. The first kappa shape index (κ1) is 11.2. The molecule has 2 aliphatic heterocycles. The van der Waals surface area contributed by atoms with Crippen molar-refractivity contribution in [3.8, 4) is 0 Å². The van der Waals surface area contributed by atoms with Crippen LogP contribution >= 0.6 is 0 Å². The van der Waals surface area contributed by atoms with Gasteiger partial charge in [-0.25, -0.2) is 4.39 Å². The van der Waals surface area contributed by atoms with E-state index >= 15 is 0 Å². The molecule has 1 aromatic rings. The lowest BCUT2D eigenvalue weighted by atomic mass is 9.95. The van der Waals surface area contributed by atoms with Crippen molar-refractivity contribution in [3.63, 3.8) is 0 Å². The second-order valence-corrected chi connectivity index (χ2v) is 5.18. The lowest BCUT2D eigenvalue weighted by Gasteiger charge is -2.20. The average molecular weight is 235 g/mol. The highest BCUT2D eigenvalue weighted by atomic mass is 19.1. The number of fused-ring (bicyclic) bond motifs is 2. The quantitative estimate of drug-likeness (QED) is 0.869. The molecule has 0 aromatic heterocycles. The fourth-order valence-electron chi connectivity index (χ4n) is 2.92. The first-order valence-electron chi connectivity index (χ1n) is 6.36. The topological polar surface area (TPSA) is 21.3 Å². The predicted octanol–water partition coefficient (Wildman–Crippen LogP) is 2.54. The molecular weight excluding hydrogens is 217 g/mol. The molecule has 0 radical (unpaired) electrons. The Morgan fingerprint density at radius 2 is 2.29 bits per heavy atom. The summed E-state index contributed by atoms with van der Waals surface area (Å²) in [6, 6.07) is 5.79. The Morgan fingerprint density at radius 1 is 1.41 bits per heavy atom. The minimum atomic E-state index is -0.128. The Balaban J connectivity index is 1.59. The second kappa shape index (κ2) is 4.39. The minimum absolute atomic E-state index is 0.128. The van der Waals surface area contributed by atoms with Crippen molar-refractivity contribution < 1.29 is 9.13 Å². The van der Waals surface area contributed by atoms with Crippen LogP contribution in [0.4, 0.5) is 4.39 Å². The molecule has 3 heteroatoms. The van der Waals surface area contributed by atoms with Gasteiger partial charge in [0.25, 0.3) is 0 Å². The maximum Gasteiger partial charge on any atom is 0.126 e. The van der Waals surface area contributed by atoms with Crippen LogP contribution in [0.15, 0.2) is 18.2 Å². The Hall–Kier alpha value is -0.930. The zero-order valence-electron chi connectivity index (χ0n) is 10.1.